The van der Waals surface area contributed by atoms with Crippen molar-refractivity contribution in [2.75, 3.05) is 7.11 Å². The van der Waals surface area contributed by atoms with Gasteiger partial charge in [0.05, 0.1) is 24.3 Å². The zero-order valence-corrected chi connectivity index (χ0v) is 15.2. The molecule has 28 heavy (non-hydrogen) atoms. The summed E-state index contributed by atoms with van der Waals surface area (Å²) >= 11 is 0. The van der Waals surface area contributed by atoms with E-state index in [4.69, 9.17) is 9.47 Å². The highest BCUT2D eigenvalue weighted by atomic mass is 19.1. The summed E-state index contributed by atoms with van der Waals surface area (Å²) < 4.78 is 28.8. The molecule has 3 aromatic rings. The number of nitrogens with zero attached hydrogens (tertiary/aromatic N) is 2. The quantitative estimate of drug-likeness (QED) is 0.455. The van der Waals surface area contributed by atoms with E-state index >= 15 is 0 Å². The molecule has 7 nitrogen and oxygen atoms in total. The first-order valence-electron chi connectivity index (χ1n) is 8.41. The number of ether oxygens (including phenoxy) is 3. The Morgan fingerprint density at radius 1 is 1.07 bits per heavy atom. The minimum absolute atomic E-state index is 0.259. The summed E-state index contributed by atoms with van der Waals surface area (Å²) in [5.74, 6) is -0.187. The van der Waals surface area contributed by atoms with E-state index in [9.17, 15) is 14.0 Å². The number of esters is 1. The summed E-state index contributed by atoms with van der Waals surface area (Å²) in [6.45, 7) is 1.56. The smallest absolute Gasteiger partial charge is 0.313 e. The molecule has 8 heteroatoms. The van der Waals surface area contributed by atoms with Crippen LogP contribution in [0.4, 0.5) is 4.39 Å². The van der Waals surface area contributed by atoms with Gasteiger partial charge in [-0.1, -0.05) is 0 Å². The van der Waals surface area contributed by atoms with Crippen LogP contribution in [0.5, 0.6) is 17.4 Å². The van der Waals surface area contributed by atoms with Crippen molar-refractivity contribution in [1.29, 1.82) is 0 Å². The third kappa shape index (κ3) is 4.79. The number of rotatable bonds is 7. The molecular weight excluding hydrogens is 367 g/mol. The van der Waals surface area contributed by atoms with Crippen LogP contribution in [0.3, 0.4) is 0 Å². The number of benzene rings is 2. The largest absolute Gasteiger partial charge is 0.483 e. The first-order chi connectivity index (χ1) is 13.4. The number of fused-ring (bicyclic) bond motifs is 1. The zero-order valence-electron chi connectivity index (χ0n) is 15.2. The van der Waals surface area contributed by atoms with E-state index in [1.54, 1.807) is 31.2 Å². The van der Waals surface area contributed by atoms with Gasteiger partial charge in [-0.25, -0.2) is 14.4 Å². The molecule has 0 N–H and O–H groups in total. The van der Waals surface area contributed by atoms with Gasteiger partial charge in [0.25, 0.3) is 0 Å². The standard InChI is InChI=1S/C20H17FN2O5/c1-12(18(24)10-20(25)26-2)27-14-4-6-15(7-5-14)28-19-11-22-17-9-13(21)3-8-16(17)23-19/h3-9,11-12H,10H2,1-2H3. The Labute approximate surface area is 160 Å². The van der Waals surface area contributed by atoms with Crippen molar-refractivity contribution < 1.29 is 28.2 Å². The molecule has 2 aromatic carbocycles. The van der Waals surface area contributed by atoms with Crippen LogP contribution in [0, 0.1) is 5.82 Å². The molecule has 0 amide bonds. The Hall–Kier alpha value is -3.55. The number of aromatic nitrogens is 2. The van der Waals surface area contributed by atoms with Gasteiger partial charge in [-0.15, -0.1) is 0 Å². The first kappa shape index (κ1) is 19.2. The van der Waals surface area contributed by atoms with Crippen LogP contribution in [0.15, 0.2) is 48.7 Å². The molecule has 0 aliphatic carbocycles. The molecule has 1 heterocycles. The van der Waals surface area contributed by atoms with Crippen molar-refractivity contribution in [2.45, 2.75) is 19.4 Å². The maximum absolute atomic E-state index is 13.2. The minimum atomic E-state index is -0.794. The van der Waals surface area contributed by atoms with Crippen molar-refractivity contribution >= 4 is 22.8 Å². The van der Waals surface area contributed by atoms with Crippen LogP contribution in [-0.4, -0.2) is 34.9 Å². The lowest BCUT2D eigenvalue weighted by atomic mass is 10.2. The Balaban J connectivity index is 1.63. The van der Waals surface area contributed by atoms with Crippen LogP contribution >= 0.6 is 0 Å². The third-order valence-electron chi connectivity index (χ3n) is 3.84. The number of Topliss-reactive ketones (excluding diaryl/α,β-unsaturated/α-hetero) is 1. The van der Waals surface area contributed by atoms with Crippen molar-refractivity contribution in [2.24, 2.45) is 0 Å². The Morgan fingerprint density at radius 3 is 2.50 bits per heavy atom. The van der Waals surface area contributed by atoms with Gasteiger partial charge < -0.3 is 14.2 Å². The molecule has 0 bridgehead atoms. The van der Waals surface area contributed by atoms with Gasteiger partial charge >= 0.3 is 5.97 Å². The molecule has 0 radical (unpaired) electrons. The summed E-state index contributed by atoms with van der Waals surface area (Å²) in [6.07, 6.45) is 0.265. The summed E-state index contributed by atoms with van der Waals surface area (Å²) in [5.41, 5.74) is 0.943. The van der Waals surface area contributed by atoms with Crippen LogP contribution in [0.25, 0.3) is 11.0 Å². The van der Waals surface area contributed by atoms with Crippen LogP contribution < -0.4 is 9.47 Å². The minimum Gasteiger partial charge on any atom is -0.483 e. The van der Waals surface area contributed by atoms with Gasteiger partial charge in [0.2, 0.25) is 5.88 Å². The third-order valence-corrected chi connectivity index (χ3v) is 3.84. The number of methoxy groups -OCH3 is 1. The predicted molar refractivity (Wildman–Crippen MR) is 97.7 cm³/mol. The molecule has 1 atom stereocenters. The number of ketones is 1. The average molecular weight is 384 g/mol. The normalized spacial score (nSPS) is 11.7. The van der Waals surface area contributed by atoms with E-state index in [0.717, 1.165) is 0 Å². The molecule has 3 rings (SSSR count). The van der Waals surface area contributed by atoms with E-state index in [1.165, 1.54) is 31.5 Å². The Bertz CT molecular complexity index is 1010. The summed E-state index contributed by atoms with van der Waals surface area (Å²) in [4.78, 5) is 31.4. The first-order valence-corrected chi connectivity index (χ1v) is 8.41. The number of hydrogen-bond donors (Lipinski definition) is 0. The molecule has 1 aromatic heterocycles. The molecule has 0 spiro atoms. The van der Waals surface area contributed by atoms with E-state index in [0.29, 0.717) is 22.5 Å². The maximum Gasteiger partial charge on any atom is 0.313 e. The van der Waals surface area contributed by atoms with Gasteiger partial charge in [-0.05, 0) is 43.3 Å². The fourth-order valence-corrected chi connectivity index (χ4v) is 2.35. The van der Waals surface area contributed by atoms with E-state index < -0.39 is 12.1 Å². The van der Waals surface area contributed by atoms with Gasteiger partial charge in [-0.3, -0.25) is 9.59 Å². The van der Waals surface area contributed by atoms with Gasteiger partial charge in [0, 0.05) is 6.07 Å². The maximum atomic E-state index is 13.2. The summed E-state index contributed by atoms with van der Waals surface area (Å²) in [5, 5.41) is 0. The molecule has 1 unspecified atom stereocenters. The Kier molecular flexibility index (Phi) is 5.78. The number of carbonyl (C=O) groups is 2. The lowest BCUT2D eigenvalue weighted by molar-refractivity contribution is -0.144. The predicted octanol–water partition coefficient (Wildman–Crippen LogP) is 3.46. The second-order valence-electron chi connectivity index (χ2n) is 5.89. The summed E-state index contributed by atoms with van der Waals surface area (Å²) in [6, 6.07) is 10.7. The molecule has 0 saturated carbocycles. The zero-order chi connectivity index (χ0) is 20.1. The molecule has 0 aliphatic rings. The molecule has 144 valence electrons. The van der Waals surface area contributed by atoms with Crippen molar-refractivity contribution in [1.82, 2.24) is 9.97 Å². The molecular formula is C20H17FN2O5. The SMILES string of the molecule is COC(=O)CC(=O)C(C)Oc1ccc(Oc2cnc3cc(F)ccc3n2)cc1. The van der Waals surface area contributed by atoms with Gasteiger partial charge in [-0.2, -0.15) is 0 Å². The van der Waals surface area contributed by atoms with Crippen molar-refractivity contribution in [3.05, 3.63) is 54.5 Å². The van der Waals surface area contributed by atoms with Crippen LogP contribution in [-0.2, 0) is 14.3 Å². The van der Waals surface area contributed by atoms with Crippen LogP contribution in [0.2, 0.25) is 0 Å². The highest BCUT2D eigenvalue weighted by Gasteiger charge is 2.18. The van der Waals surface area contributed by atoms with E-state index in [-0.39, 0.29) is 23.9 Å². The van der Waals surface area contributed by atoms with Gasteiger partial charge in [0.15, 0.2) is 11.9 Å². The van der Waals surface area contributed by atoms with E-state index in [1.807, 2.05) is 0 Å². The van der Waals surface area contributed by atoms with Gasteiger partial charge in [0.1, 0.15) is 23.7 Å². The molecule has 0 fully saturated rings. The Morgan fingerprint density at radius 2 is 1.79 bits per heavy atom. The highest BCUT2D eigenvalue weighted by molar-refractivity contribution is 5.97. The number of hydrogen-bond acceptors (Lipinski definition) is 7. The molecule has 0 saturated heterocycles. The van der Waals surface area contributed by atoms with E-state index in [2.05, 4.69) is 14.7 Å². The monoisotopic (exact) mass is 384 g/mol. The number of halogens is 1. The summed E-state index contributed by atoms with van der Waals surface area (Å²) in [7, 11) is 1.22. The van der Waals surface area contributed by atoms with Crippen molar-refractivity contribution in [3.63, 3.8) is 0 Å². The fourth-order valence-electron chi connectivity index (χ4n) is 2.35. The van der Waals surface area contributed by atoms with Crippen molar-refractivity contribution in [3.8, 4) is 17.4 Å². The highest BCUT2D eigenvalue weighted by Crippen LogP contribution is 2.24. The topological polar surface area (TPSA) is 87.6 Å². The second-order valence-corrected chi connectivity index (χ2v) is 5.89. The van der Waals surface area contributed by atoms with Crippen LogP contribution in [0.1, 0.15) is 13.3 Å². The lowest BCUT2D eigenvalue weighted by Crippen LogP contribution is -2.26. The lowest BCUT2D eigenvalue weighted by Gasteiger charge is -2.13. The molecule has 0 aliphatic heterocycles. The second kappa shape index (κ2) is 8.43. The number of carbonyl (C=O) groups excluding carboxylic acids is 2. The average Bonchev–Trinajstić information content (AvgIpc) is 2.69. The fraction of sp³-hybridized carbons (Fsp3) is 0.200.